The number of carbonyl (C=O) groups is 3. The summed E-state index contributed by atoms with van der Waals surface area (Å²) in [6, 6.07) is 0. The van der Waals surface area contributed by atoms with E-state index in [2.05, 4.69) is 50.3 Å². The maximum absolute atomic E-state index is 12.9. The third kappa shape index (κ3) is 57.2. The zero-order valence-corrected chi connectivity index (χ0v) is 49.5. The molecule has 0 bridgehead atoms. The minimum absolute atomic E-state index is 0.179. The van der Waals surface area contributed by atoms with Crippen molar-refractivity contribution in [3.63, 3.8) is 0 Å². The second kappa shape index (κ2) is 56.7. The number of carboxylic acids is 1. The molecule has 9 heteroatoms. The van der Waals surface area contributed by atoms with E-state index in [9.17, 15) is 19.5 Å². The van der Waals surface area contributed by atoms with Gasteiger partial charge in [0.05, 0.1) is 34.4 Å². The van der Waals surface area contributed by atoms with E-state index in [1.165, 1.54) is 218 Å². The molecule has 0 saturated carbocycles. The zero-order chi connectivity index (χ0) is 54.1. The van der Waals surface area contributed by atoms with Crippen LogP contribution in [0.1, 0.15) is 303 Å². The number of allylic oxidation sites excluding steroid dienone is 6. The van der Waals surface area contributed by atoms with Crippen LogP contribution in [-0.4, -0.2) is 87.4 Å². The highest BCUT2D eigenvalue weighted by atomic mass is 16.7. The Morgan fingerprint density at radius 3 is 1.08 bits per heavy atom. The quantitative estimate of drug-likeness (QED) is 0.0211. The topological polar surface area (TPSA) is 108 Å². The number of nitrogens with zero attached hydrogens (tertiary/aromatic N) is 1. The summed E-state index contributed by atoms with van der Waals surface area (Å²) in [4.78, 5) is 37.5. The number of carbonyl (C=O) groups excluding carboxylic acids is 2. The van der Waals surface area contributed by atoms with Crippen LogP contribution >= 0.6 is 0 Å². The van der Waals surface area contributed by atoms with Gasteiger partial charge in [0, 0.05) is 12.8 Å². The van der Waals surface area contributed by atoms with Gasteiger partial charge in [-0.25, -0.2) is 4.79 Å². The maximum Gasteiger partial charge on any atom is 0.361 e. The van der Waals surface area contributed by atoms with Crippen molar-refractivity contribution in [2.75, 3.05) is 47.5 Å². The lowest BCUT2D eigenvalue weighted by atomic mass is 10.0. The largest absolute Gasteiger partial charge is 0.477 e. The number of ether oxygens (including phenoxy) is 4. The van der Waals surface area contributed by atoms with Gasteiger partial charge in [-0.1, -0.05) is 275 Å². The van der Waals surface area contributed by atoms with Crippen LogP contribution in [-0.2, 0) is 33.3 Å². The molecule has 0 amide bonds. The molecule has 0 aliphatic heterocycles. The number of unbranched alkanes of at least 4 members (excludes halogenated alkanes) is 38. The summed E-state index contributed by atoms with van der Waals surface area (Å²) in [6.07, 6.45) is 66.6. The number of likely N-dealkylation sites (N-methyl/N-ethyl adjacent to an activating group) is 1. The van der Waals surface area contributed by atoms with Crippen LogP contribution in [0.25, 0.3) is 0 Å². The molecular formula is C65H122NO8+. The Morgan fingerprint density at radius 2 is 0.730 bits per heavy atom. The van der Waals surface area contributed by atoms with E-state index in [1.54, 1.807) is 0 Å². The Bertz CT molecular complexity index is 1310. The SMILES string of the molecule is CCCCCCC/C=C\C/C=C\C/C=C\CCCCCCCCCCCCC(=O)OC(COC(=O)CCCCCCCCCCCCCCCCCCCCCCCCCC)COC(OCC[N+](C)(C)C)C(=O)O. The van der Waals surface area contributed by atoms with Crippen molar-refractivity contribution in [1.29, 1.82) is 0 Å². The number of hydrogen-bond acceptors (Lipinski definition) is 7. The van der Waals surface area contributed by atoms with E-state index in [4.69, 9.17) is 18.9 Å². The molecule has 0 aliphatic rings. The highest BCUT2D eigenvalue weighted by Crippen LogP contribution is 2.18. The fourth-order valence-corrected chi connectivity index (χ4v) is 9.26. The molecule has 0 aromatic heterocycles. The maximum atomic E-state index is 12.9. The predicted molar refractivity (Wildman–Crippen MR) is 314 cm³/mol. The smallest absolute Gasteiger partial charge is 0.361 e. The molecule has 2 unspecified atom stereocenters. The van der Waals surface area contributed by atoms with Gasteiger partial charge >= 0.3 is 17.9 Å². The average molecular weight is 1050 g/mol. The van der Waals surface area contributed by atoms with Gasteiger partial charge in [0.25, 0.3) is 6.29 Å². The Balaban J connectivity index is 4.18. The van der Waals surface area contributed by atoms with Crippen molar-refractivity contribution in [3.05, 3.63) is 36.5 Å². The van der Waals surface area contributed by atoms with Gasteiger partial charge in [0.1, 0.15) is 13.2 Å². The molecular weight excluding hydrogens is 923 g/mol. The number of rotatable bonds is 59. The van der Waals surface area contributed by atoms with Crippen molar-refractivity contribution in [2.24, 2.45) is 0 Å². The number of hydrogen-bond donors (Lipinski definition) is 1. The summed E-state index contributed by atoms with van der Waals surface area (Å²) < 4.78 is 22.9. The van der Waals surface area contributed by atoms with Crippen molar-refractivity contribution < 1.29 is 42.9 Å². The summed E-state index contributed by atoms with van der Waals surface area (Å²) in [5.41, 5.74) is 0. The predicted octanol–water partition coefficient (Wildman–Crippen LogP) is 18.9. The van der Waals surface area contributed by atoms with E-state index in [-0.39, 0.29) is 32.2 Å². The normalized spacial score (nSPS) is 12.9. The minimum atomic E-state index is -1.51. The van der Waals surface area contributed by atoms with Crippen LogP contribution < -0.4 is 0 Å². The molecule has 0 heterocycles. The summed E-state index contributed by atoms with van der Waals surface area (Å²) in [7, 11) is 5.98. The van der Waals surface area contributed by atoms with Crippen LogP contribution in [0.4, 0.5) is 0 Å². The molecule has 0 fully saturated rings. The van der Waals surface area contributed by atoms with Gasteiger partial charge in [0.2, 0.25) is 0 Å². The Kier molecular flexibility index (Phi) is 54.8. The molecule has 1 N–H and O–H groups in total. The summed E-state index contributed by atoms with van der Waals surface area (Å²) in [5, 5.41) is 9.72. The van der Waals surface area contributed by atoms with E-state index in [0.29, 0.717) is 17.4 Å². The lowest BCUT2D eigenvalue weighted by molar-refractivity contribution is -0.870. The van der Waals surface area contributed by atoms with E-state index in [0.717, 1.165) is 57.8 Å². The minimum Gasteiger partial charge on any atom is -0.477 e. The van der Waals surface area contributed by atoms with Crippen molar-refractivity contribution in [1.82, 2.24) is 0 Å². The molecule has 0 radical (unpaired) electrons. The molecule has 9 nitrogen and oxygen atoms in total. The second-order valence-electron chi connectivity index (χ2n) is 22.7. The van der Waals surface area contributed by atoms with Gasteiger partial charge in [-0.2, -0.15) is 0 Å². The lowest BCUT2D eigenvalue weighted by Gasteiger charge is -2.25. The first kappa shape index (κ1) is 71.5. The van der Waals surface area contributed by atoms with Crippen LogP contribution in [0.2, 0.25) is 0 Å². The molecule has 0 spiro atoms. The third-order valence-corrected chi connectivity index (χ3v) is 14.1. The molecule has 0 aromatic carbocycles. The summed E-state index contributed by atoms with van der Waals surface area (Å²) >= 11 is 0. The Labute approximate surface area is 458 Å². The molecule has 2 atom stereocenters. The fraction of sp³-hybridized carbons (Fsp3) is 0.862. The average Bonchev–Trinajstić information content (AvgIpc) is 3.37. The van der Waals surface area contributed by atoms with Gasteiger partial charge in [-0.15, -0.1) is 0 Å². The van der Waals surface area contributed by atoms with E-state index >= 15 is 0 Å². The highest BCUT2D eigenvalue weighted by molar-refractivity contribution is 5.71. The van der Waals surface area contributed by atoms with Gasteiger partial charge in [0.15, 0.2) is 6.10 Å². The Hall–Kier alpha value is -2.49. The highest BCUT2D eigenvalue weighted by Gasteiger charge is 2.25. The second-order valence-corrected chi connectivity index (χ2v) is 22.7. The Morgan fingerprint density at radius 1 is 0.405 bits per heavy atom. The van der Waals surface area contributed by atoms with Gasteiger partial charge in [-0.3, -0.25) is 9.59 Å². The standard InChI is InChI=1S/C65H121NO8/c1-6-8-10-12-14-16-18-20-22-24-26-28-30-32-34-36-38-40-42-44-46-48-50-52-54-56-63(68)74-61(60-73-65(64(69)70)71-58-57-66(3,4)5)59-72-62(67)55-53-51-49-47-45-43-41-39-37-35-33-31-29-27-25-23-21-19-17-15-13-11-9-7-2/h18,20,24,26,30,32,61,65H,6-17,19,21-23,25,27-29,31,33-60H2,1-5H3/p+1/b20-18-,26-24-,32-30-. The van der Waals surface area contributed by atoms with Crippen molar-refractivity contribution in [2.45, 2.75) is 315 Å². The molecule has 0 aromatic rings. The van der Waals surface area contributed by atoms with Crippen LogP contribution in [0.5, 0.6) is 0 Å². The summed E-state index contributed by atoms with van der Waals surface area (Å²) in [6.45, 7) is 4.91. The van der Waals surface area contributed by atoms with Gasteiger partial charge in [-0.05, 0) is 51.4 Å². The van der Waals surface area contributed by atoms with Crippen LogP contribution in [0, 0.1) is 0 Å². The first-order valence-electron chi connectivity index (χ1n) is 31.7. The number of aliphatic carboxylic acids is 1. The molecule has 0 aliphatic carbocycles. The number of quaternary nitrogens is 1. The number of carboxylic acid groups (broad SMARTS) is 1. The molecule has 0 saturated heterocycles. The molecule has 434 valence electrons. The summed E-state index contributed by atoms with van der Waals surface area (Å²) in [5.74, 6) is -1.99. The fourth-order valence-electron chi connectivity index (χ4n) is 9.26. The van der Waals surface area contributed by atoms with Crippen LogP contribution in [0.3, 0.4) is 0 Å². The van der Waals surface area contributed by atoms with Crippen molar-refractivity contribution >= 4 is 17.9 Å². The monoisotopic (exact) mass is 1040 g/mol. The van der Waals surface area contributed by atoms with E-state index < -0.39 is 24.3 Å². The zero-order valence-electron chi connectivity index (χ0n) is 49.5. The first-order chi connectivity index (χ1) is 36.1. The van der Waals surface area contributed by atoms with Crippen molar-refractivity contribution in [3.8, 4) is 0 Å². The lowest BCUT2D eigenvalue weighted by Crippen LogP contribution is -2.40. The van der Waals surface area contributed by atoms with Crippen LogP contribution in [0.15, 0.2) is 36.5 Å². The first-order valence-corrected chi connectivity index (χ1v) is 31.7. The third-order valence-electron chi connectivity index (χ3n) is 14.1. The molecule has 0 rings (SSSR count). The number of esters is 2. The van der Waals surface area contributed by atoms with E-state index in [1.807, 2.05) is 21.1 Å². The van der Waals surface area contributed by atoms with Gasteiger partial charge < -0.3 is 28.5 Å². The molecule has 74 heavy (non-hydrogen) atoms.